The molecular weight excluding hydrogens is 621 g/mol. The van der Waals surface area contributed by atoms with Crippen molar-refractivity contribution >= 4 is 46.1 Å². The van der Waals surface area contributed by atoms with Gasteiger partial charge in [-0.1, -0.05) is 124 Å². The molecule has 1 heterocycles. The number of methoxy groups -OCH3 is 1. The number of aliphatic hydroxyl groups is 2. The van der Waals surface area contributed by atoms with Crippen LogP contribution in [0.3, 0.4) is 0 Å². The Morgan fingerprint density at radius 2 is 1.57 bits per heavy atom. The molecule has 5 atom stereocenters. The predicted octanol–water partition coefficient (Wildman–Crippen LogP) is 7.72. The zero-order valence-corrected chi connectivity index (χ0v) is 29.7. The maximum Gasteiger partial charge on any atom is 0.305 e. The van der Waals surface area contributed by atoms with E-state index in [-0.39, 0.29) is 28.9 Å². The average Bonchev–Trinajstić information content (AvgIpc) is 3.62. The van der Waals surface area contributed by atoms with Crippen LogP contribution in [0, 0.1) is 11.8 Å². The summed E-state index contributed by atoms with van der Waals surface area (Å²) in [7, 11) is -1.51. The second-order valence-electron chi connectivity index (χ2n) is 13.6. The topological polar surface area (TPSA) is 76.0 Å². The number of ether oxygens (including phenoxy) is 1. The molecule has 0 saturated heterocycles. The van der Waals surface area contributed by atoms with Crippen LogP contribution in [-0.4, -0.2) is 43.8 Å². The third kappa shape index (κ3) is 8.04. The van der Waals surface area contributed by atoms with E-state index in [1.165, 1.54) is 27.6 Å². The Hall–Kier alpha value is -3.33. The maximum absolute atomic E-state index is 11.4. The molecule has 1 aliphatic rings. The fourth-order valence-electron chi connectivity index (χ4n) is 6.99. The molecule has 5 nitrogen and oxygen atoms in total. The Balaban J connectivity index is 1.51. The maximum atomic E-state index is 11.4. The Bertz CT molecular complexity index is 1570. The van der Waals surface area contributed by atoms with Crippen LogP contribution in [0.2, 0.25) is 5.04 Å². The molecule has 0 unspecified atom stereocenters. The Labute approximate surface area is 284 Å². The van der Waals surface area contributed by atoms with Crippen molar-refractivity contribution in [1.29, 1.82) is 0 Å². The lowest BCUT2D eigenvalue weighted by Gasteiger charge is -2.44. The van der Waals surface area contributed by atoms with E-state index in [2.05, 4.69) is 136 Å². The number of aliphatic hydroxyl groups excluding tert-OH is 2. The lowest BCUT2D eigenvalue weighted by molar-refractivity contribution is -0.140. The van der Waals surface area contributed by atoms with Crippen molar-refractivity contribution in [3.8, 4) is 0 Å². The van der Waals surface area contributed by atoms with Gasteiger partial charge < -0.3 is 19.4 Å². The van der Waals surface area contributed by atoms with Gasteiger partial charge in [0.25, 0.3) is 8.32 Å². The van der Waals surface area contributed by atoms with Crippen molar-refractivity contribution < 1.29 is 24.2 Å². The van der Waals surface area contributed by atoms with Gasteiger partial charge >= 0.3 is 5.97 Å². The lowest BCUT2D eigenvalue weighted by Crippen LogP contribution is -2.66. The highest BCUT2D eigenvalue weighted by Gasteiger charge is 2.51. The van der Waals surface area contributed by atoms with Gasteiger partial charge in [-0.2, -0.15) is 0 Å². The summed E-state index contributed by atoms with van der Waals surface area (Å²) in [5.41, 5.74) is 0. The standard InChI is InChI=1S/C40H48O5SSi/c1-40(2,3)47(30-18-9-7-10-19-30,31-20-11-8-12-21-31)45-36(38-27-29-17-15-16-23-37(29)46-38)26-25-33-32(34(41)28-35(33)42)22-13-5-6-14-24-39(43)44-4/h5,7-13,15-21,23,25-27,32-36,41-42H,6,14,22,24,28H2,1-4H3/t32-,33-,34+,35-,36-/m1/s1. The monoisotopic (exact) mass is 668 g/mol. The van der Waals surface area contributed by atoms with Crippen molar-refractivity contribution in [2.24, 2.45) is 11.8 Å². The van der Waals surface area contributed by atoms with Crippen LogP contribution in [-0.2, 0) is 14.0 Å². The van der Waals surface area contributed by atoms with E-state index in [0.717, 1.165) is 17.7 Å². The van der Waals surface area contributed by atoms with Crippen molar-refractivity contribution in [3.05, 3.63) is 120 Å². The molecule has 0 spiro atoms. The minimum absolute atomic E-state index is 0.117. The predicted molar refractivity (Wildman–Crippen MR) is 196 cm³/mol. The van der Waals surface area contributed by atoms with Gasteiger partial charge in [-0.25, -0.2) is 0 Å². The SMILES string of the molecule is COC(=O)CCCC=CC[C@@H]1[C@@H](C=C[C@@H](O[Si](c2ccccc2)(c2ccccc2)C(C)(C)C)c2cc3ccccc3s2)[C@H](O)C[C@@H]1O. The number of unbranched alkanes of at least 4 members (excludes halogenated alkanes) is 1. The molecule has 1 aromatic heterocycles. The fourth-order valence-corrected chi connectivity index (χ4v) is 12.8. The molecule has 0 aliphatic heterocycles. The summed E-state index contributed by atoms with van der Waals surface area (Å²) in [5, 5.41) is 25.6. The number of fused-ring (bicyclic) bond motifs is 1. The average molecular weight is 669 g/mol. The molecule has 0 amide bonds. The van der Waals surface area contributed by atoms with E-state index in [9.17, 15) is 15.0 Å². The largest absolute Gasteiger partial charge is 0.469 e. The number of esters is 1. The van der Waals surface area contributed by atoms with Crippen LogP contribution in [0.5, 0.6) is 0 Å². The van der Waals surface area contributed by atoms with Gasteiger partial charge in [0.05, 0.1) is 25.4 Å². The number of allylic oxidation sites excluding steroid dienone is 2. The number of benzene rings is 3. The molecule has 2 N–H and O–H groups in total. The lowest BCUT2D eigenvalue weighted by atomic mass is 9.89. The van der Waals surface area contributed by atoms with Gasteiger partial charge in [0, 0.05) is 28.3 Å². The molecule has 7 heteroatoms. The van der Waals surface area contributed by atoms with Gasteiger partial charge in [0.1, 0.15) is 0 Å². The Morgan fingerprint density at radius 3 is 2.19 bits per heavy atom. The number of carbonyl (C=O) groups is 1. The zero-order valence-electron chi connectivity index (χ0n) is 27.9. The molecule has 0 radical (unpaired) electrons. The minimum Gasteiger partial charge on any atom is -0.469 e. The van der Waals surface area contributed by atoms with Crippen LogP contribution in [0.15, 0.2) is 115 Å². The van der Waals surface area contributed by atoms with Crippen molar-refractivity contribution in [3.63, 3.8) is 0 Å². The molecule has 248 valence electrons. The van der Waals surface area contributed by atoms with Crippen molar-refractivity contribution in [2.45, 2.75) is 76.2 Å². The molecule has 4 aromatic rings. The number of rotatable bonds is 13. The highest BCUT2D eigenvalue weighted by molar-refractivity contribution is 7.19. The van der Waals surface area contributed by atoms with E-state index in [1.807, 2.05) is 0 Å². The molecule has 0 bridgehead atoms. The first-order valence-corrected chi connectivity index (χ1v) is 19.4. The highest BCUT2D eigenvalue weighted by Crippen LogP contribution is 2.43. The molecule has 5 rings (SSSR count). The van der Waals surface area contributed by atoms with Crippen molar-refractivity contribution in [2.75, 3.05) is 7.11 Å². The molecule has 47 heavy (non-hydrogen) atoms. The first-order valence-electron chi connectivity index (χ1n) is 16.7. The molecule has 1 aliphatic carbocycles. The van der Waals surface area contributed by atoms with Crippen LogP contribution in [0.1, 0.15) is 63.9 Å². The molecule has 1 saturated carbocycles. The molecular formula is C40H48O5SSi. The van der Waals surface area contributed by atoms with Crippen LogP contribution < -0.4 is 10.4 Å². The first-order chi connectivity index (χ1) is 22.6. The normalized spacial score (nSPS) is 21.1. The summed E-state index contributed by atoms with van der Waals surface area (Å²) in [6.45, 7) is 6.86. The second kappa shape index (κ2) is 15.7. The highest BCUT2D eigenvalue weighted by atomic mass is 32.1. The third-order valence-corrected chi connectivity index (χ3v) is 15.6. The smallest absolute Gasteiger partial charge is 0.305 e. The number of hydrogen-bond acceptors (Lipinski definition) is 6. The van der Waals surface area contributed by atoms with E-state index >= 15 is 0 Å². The Kier molecular flexibility index (Phi) is 11.7. The third-order valence-electron chi connectivity index (χ3n) is 9.42. The van der Waals surface area contributed by atoms with Gasteiger partial charge in [0.15, 0.2) is 0 Å². The second-order valence-corrected chi connectivity index (χ2v) is 18.9. The minimum atomic E-state index is -2.91. The zero-order chi connectivity index (χ0) is 33.4. The summed E-state index contributed by atoms with van der Waals surface area (Å²) >= 11 is 1.75. The molecule has 3 aromatic carbocycles. The van der Waals surface area contributed by atoms with Gasteiger partial charge in [-0.15, -0.1) is 11.3 Å². The summed E-state index contributed by atoms with van der Waals surface area (Å²) < 4.78 is 13.6. The van der Waals surface area contributed by atoms with E-state index in [4.69, 9.17) is 9.16 Å². The van der Waals surface area contributed by atoms with Crippen LogP contribution >= 0.6 is 11.3 Å². The van der Waals surface area contributed by atoms with E-state index < -0.39 is 20.5 Å². The summed E-state index contributed by atoms with van der Waals surface area (Å²) in [4.78, 5) is 12.6. The first kappa shape index (κ1) is 35.0. The number of hydrogen-bond donors (Lipinski definition) is 2. The van der Waals surface area contributed by atoms with Gasteiger partial charge in [-0.3, -0.25) is 4.79 Å². The van der Waals surface area contributed by atoms with Gasteiger partial charge in [-0.05, 0) is 58.1 Å². The van der Waals surface area contributed by atoms with Crippen LogP contribution in [0.4, 0.5) is 0 Å². The summed E-state index contributed by atoms with van der Waals surface area (Å²) in [6, 6.07) is 32.0. The van der Waals surface area contributed by atoms with E-state index in [0.29, 0.717) is 19.3 Å². The number of thiophene rings is 1. The Morgan fingerprint density at radius 1 is 0.936 bits per heavy atom. The molecule has 1 fully saturated rings. The van der Waals surface area contributed by atoms with E-state index in [1.54, 1.807) is 11.3 Å². The fraction of sp³-hybridized carbons (Fsp3) is 0.375. The quantitative estimate of drug-likeness (QED) is 0.0661. The van der Waals surface area contributed by atoms with Crippen molar-refractivity contribution in [1.82, 2.24) is 0 Å². The summed E-state index contributed by atoms with van der Waals surface area (Å²) in [6.07, 6.45) is 9.65. The number of carbonyl (C=O) groups excluding carboxylic acids is 1. The summed E-state index contributed by atoms with van der Waals surface area (Å²) in [5.74, 6) is -0.537. The van der Waals surface area contributed by atoms with Gasteiger partial charge in [0.2, 0.25) is 0 Å². The van der Waals surface area contributed by atoms with Crippen LogP contribution in [0.25, 0.3) is 10.1 Å².